The summed E-state index contributed by atoms with van der Waals surface area (Å²) in [4.78, 5) is 21.8. The molecule has 0 bridgehead atoms. The molecule has 0 saturated carbocycles. The molecular weight excluding hydrogens is 212 g/mol. The van der Waals surface area contributed by atoms with Crippen molar-refractivity contribution in [3.05, 3.63) is 59.7 Å². The number of carbonyl (C=O) groups excluding carboxylic acids is 2. The third kappa shape index (κ3) is 2.48. The van der Waals surface area contributed by atoms with Crippen LogP contribution in [0.4, 0.5) is 0 Å². The maximum Gasteiger partial charge on any atom is 0.159 e. The van der Waals surface area contributed by atoms with Gasteiger partial charge in [0.1, 0.15) is 6.29 Å². The van der Waals surface area contributed by atoms with Gasteiger partial charge in [-0.15, -0.1) is 0 Å². The minimum Gasteiger partial charge on any atom is -0.298 e. The highest BCUT2D eigenvalue weighted by atomic mass is 16.1. The van der Waals surface area contributed by atoms with Crippen molar-refractivity contribution in [2.45, 2.75) is 6.92 Å². The first-order valence-electron chi connectivity index (χ1n) is 5.37. The van der Waals surface area contributed by atoms with E-state index in [1.54, 1.807) is 25.1 Å². The molecule has 2 aromatic carbocycles. The van der Waals surface area contributed by atoms with E-state index in [4.69, 9.17) is 0 Å². The third-order valence-electron chi connectivity index (χ3n) is 2.65. The predicted octanol–water partition coefficient (Wildman–Crippen LogP) is 3.37. The predicted molar refractivity (Wildman–Crippen MR) is 67.3 cm³/mol. The van der Waals surface area contributed by atoms with Crippen LogP contribution in [0.25, 0.3) is 11.1 Å². The molecule has 0 saturated heterocycles. The van der Waals surface area contributed by atoms with E-state index >= 15 is 0 Å². The van der Waals surface area contributed by atoms with Gasteiger partial charge in [-0.2, -0.15) is 0 Å². The highest BCUT2D eigenvalue weighted by Crippen LogP contribution is 2.20. The van der Waals surface area contributed by atoms with E-state index in [0.717, 1.165) is 17.4 Å². The van der Waals surface area contributed by atoms with Crippen LogP contribution < -0.4 is 0 Å². The van der Waals surface area contributed by atoms with Gasteiger partial charge >= 0.3 is 0 Å². The zero-order chi connectivity index (χ0) is 12.3. The number of ketones is 1. The molecule has 2 rings (SSSR count). The van der Waals surface area contributed by atoms with Gasteiger partial charge in [0.15, 0.2) is 5.78 Å². The highest BCUT2D eigenvalue weighted by molar-refractivity contribution is 5.95. The molecule has 2 nitrogen and oxygen atoms in total. The Morgan fingerprint density at radius 2 is 1.71 bits per heavy atom. The summed E-state index contributed by atoms with van der Waals surface area (Å²) >= 11 is 0. The topological polar surface area (TPSA) is 34.1 Å². The van der Waals surface area contributed by atoms with Crippen LogP contribution >= 0.6 is 0 Å². The van der Waals surface area contributed by atoms with Crippen molar-refractivity contribution in [1.82, 2.24) is 0 Å². The summed E-state index contributed by atoms with van der Waals surface area (Å²) in [5, 5.41) is 0. The minimum atomic E-state index is 0.0522. The summed E-state index contributed by atoms with van der Waals surface area (Å²) in [5.74, 6) is 0.0522. The van der Waals surface area contributed by atoms with Gasteiger partial charge in [-0.3, -0.25) is 9.59 Å². The molecule has 0 aliphatic heterocycles. The van der Waals surface area contributed by atoms with Gasteiger partial charge in [0.25, 0.3) is 0 Å². The molecular formula is C15H12O2. The van der Waals surface area contributed by atoms with Crippen molar-refractivity contribution in [3.63, 3.8) is 0 Å². The average Bonchev–Trinajstić information content (AvgIpc) is 2.39. The maximum atomic E-state index is 11.3. The van der Waals surface area contributed by atoms with Crippen LogP contribution in [0.3, 0.4) is 0 Å². The fourth-order valence-corrected chi connectivity index (χ4v) is 1.67. The van der Waals surface area contributed by atoms with E-state index in [2.05, 4.69) is 0 Å². The van der Waals surface area contributed by atoms with Gasteiger partial charge < -0.3 is 0 Å². The molecule has 0 radical (unpaired) electrons. The molecule has 2 aromatic rings. The van der Waals surface area contributed by atoms with Gasteiger partial charge in [-0.05, 0) is 24.1 Å². The van der Waals surface area contributed by atoms with Crippen LogP contribution in [0.15, 0.2) is 48.5 Å². The molecule has 17 heavy (non-hydrogen) atoms. The monoisotopic (exact) mass is 224 g/mol. The summed E-state index contributed by atoms with van der Waals surface area (Å²) in [6.45, 7) is 1.55. The quantitative estimate of drug-likeness (QED) is 0.591. The van der Waals surface area contributed by atoms with Crippen molar-refractivity contribution in [3.8, 4) is 11.1 Å². The summed E-state index contributed by atoms with van der Waals surface area (Å²) in [7, 11) is 0. The van der Waals surface area contributed by atoms with Gasteiger partial charge in [0.2, 0.25) is 0 Å². The van der Waals surface area contributed by atoms with Gasteiger partial charge in [0, 0.05) is 11.1 Å². The van der Waals surface area contributed by atoms with E-state index in [-0.39, 0.29) is 5.78 Å². The van der Waals surface area contributed by atoms with Gasteiger partial charge in [-0.1, -0.05) is 42.5 Å². The Labute approximate surface area is 99.9 Å². The number of hydrogen-bond donors (Lipinski definition) is 0. The van der Waals surface area contributed by atoms with Crippen LogP contribution in [-0.2, 0) is 0 Å². The molecule has 84 valence electrons. The first kappa shape index (κ1) is 11.3. The van der Waals surface area contributed by atoms with Gasteiger partial charge in [-0.25, -0.2) is 0 Å². The van der Waals surface area contributed by atoms with Crippen LogP contribution in [0.2, 0.25) is 0 Å². The van der Waals surface area contributed by atoms with E-state index in [1.807, 2.05) is 30.3 Å². The van der Waals surface area contributed by atoms with E-state index in [9.17, 15) is 9.59 Å². The second-order valence-electron chi connectivity index (χ2n) is 3.88. The lowest BCUT2D eigenvalue weighted by Crippen LogP contribution is -1.91. The molecule has 0 heterocycles. The lowest BCUT2D eigenvalue weighted by Gasteiger charge is -2.03. The molecule has 0 aliphatic rings. The molecule has 0 aliphatic carbocycles. The summed E-state index contributed by atoms with van der Waals surface area (Å²) < 4.78 is 0. The Hall–Kier alpha value is -2.22. The van der Waals surface area contributed by atoms with E-state index in [0.29, 0.717) is 11.1 Å². The van der Waals surface area contributed by atoms with Crippen LogP contribution in [0.1, 0.15) is 27.6 Å². The Balaban J connectivity index is 2.41. The molecule has 0 spiro atoms. The van der Waals surface area contributed by atoms with Crippen LogP contribution in [-0.4, -0.2) is 12.1 Å². The van der Waals surface area contributed by atoms with E-state index in [1.165, 1.54) is 0 Å². The Kier molecular flexibility index (Phi) is 3.15. The number of aldehydes is 1. The lowest BCUT2D eigenvalue weighted by atomic mass is 10.0. The Morgan fingerprint density at radius 3 is 2.29 bits per heavy atom. The van der Waals surface area contributed by atoms with Crippen molar-refractivity contribution in [2.75, 3.05) is 0 Å². The lowest BCUT2D eigenvalue weighted by molar-refractivity contribution is 0.101. The first-order valence-corrected chi connectivity index (χ1v) is 5.37. The van der Waals surface area contributed by atoms with Crippen molar-refractivity contribution in [1.29, 1.82) is 0 Å². The van der Waals surface area contributed by atoms with Crippen molar-refractivity contribution in [2.24, 2.45) is 0 Å². The number of hydrogen-bond acceptors (Lipinski definition) is 2. The van der Waals surface area contributed by atoms with Crippen molar-refractivity contribution < 1.29 is 9.59 Å². The fraction of sp³-hybridized carbons (Fsp3) is 0.0667. The summed E-state index contributed by atoms with van der Waals surface area (Å²) in [6, 6.07) is 14.8. The average molecular weight is 224 g/mol. The third-order valence-corrected chi connectivity index (χ3v) is 2.65. The first-order chi connectivity index (χ1) is 8.20. The smallest absolute Gasteiger partial charge is 0.159 e. The van der Waals surface area contributed by atoms with Crippen LogP contribution in [0, 0.1) is 0 Å². The molecule has 0 unspecified atom stereocenters. The number of Topliss-reactive ketones (excluding diaryl/α,β-unsaturated/α-hetero) is 1. The molecule has 2 heteroatoms. The molecule has 0 amide bonds. The van der Waals surface area contributed by atoms with Crippen LogP contribution in [0.5, 0.6) is 0 Å². The normalized spacial score (nSPS) is 9.94. The number of benzene rings is 2. The minimum absolute atomic E-state index is 0.0522. The molecule has 0 aromatic heterocycles. The number of carbonyl (C=O) groups is 2. The SMILES string of the molecule is CC(=O)c1cccc(-c2ccc(C=O)cc2)c1. The summed E-state index contributed by atoms with van der Waals surface area (Å²) in [6.07, 6.45) is 0.815. The van der Waals surface area contributed by atoms with E-state index < -0.39 is 0 Å². The fourth-order valence-electron chi connectivity index (χ4n) is 1.67. The summed E-state index contributed by atoms with van der Waals surface area (Å²) in [5.41, 5.74) is 3.33. The highest BCUT2D eigenvalue weighted by Gasteiger charge is 2.02. The zero-order valence-corrected chi connectivity index (χ0v) is 9.51. The second-order valence-corrected chi connectivity index (χ2v) is 3.88. The second kappa shape index (κ2) is 4.74. The van der Waals surface area contributed by atoms with Gasteiger partial charge in [0.05, 0.1) is 0 Å². The molecule has 0 N–H and O–H groups in total. The Morgan fingerprint density at radius 1 is 1.00 bits per heavy atom. The number of rotatable bonds is 3. The zero-order valence-electron chi connectivity index (χ0n) is 9.51. The largest absolute Gasteiger partial charge is 0.298 e. The van der Waals surface area contributed by atoms with Crippen molar-refractivity contribution >= 4 is 12.1 Å². The standard InChI is InChI=1S/C15H12O2/c1-11(17)14-3-2-4-15(9-14)13-7-5-12(10-16)6-8-13/h2-10H,1H3. The maximum absolute atomic E-state index is 11.3. The Bertz CT molecular complexity index is 553. The molecule has 0 fully saturated rings. The molecule has 0 atom stereocenters.